The molecule has 0 aliphatic rings. The van der Waals surface area contributed by atoms with Crippen molar-refractivity contribution in [3.05, 3.63) is 29.3 Å². The molecule has 21 heavy (non-hydrogen) atoms. The fourth-order valence-corrected chi connectivity index (χ4v) is 1.43. The van der Waals surface area contributed by atoms with E-state index < -0.39 is 27.8 Å². The summed E-state index contributed by atoms with van der Waals surface area (Å²) >= 11 is 0. The number of hydrogen-bond acceptors (Lipinski definition) is 1. The van der Waals surface area contributed by atoms with E-state index in [-0.39, 0.29) is 11.3 Å². The first-order valence-electron chi connectivity index (χ1n) is 6.62. The van der Waals surface area contributed by atoms with Crippen LogP contribution in [0.25, 0.3) is 0 Å². The molecule has 0 heterocycles. The van der Waals surface area contributed by atoms with Gasteiger partial charge in [-0.05, 0) is 12.1 Å². The highest BCUT2D eigenvalue weighted by Crippen LogP contribution is 2.17. The summed E-state index contributed by atoms with van der Waals surface area (Å²) in [6.07, 6.45) is 5.12. The summed E-state index contributed by atoms with van der Waals surface area (Å²) in [4.78, 5) is 0. The standard InChI is InChI=1S/C11H13F2NSi.C5H10Si/c1-15(2,3)7-6-8-9(12)4-5-10(14)11(8)13;1-5-6(2,3)4/h4-5H,14H2,1-3H3;1H,2-4H3. The molecule has 1 rings (SSSR count). The lowest BCUT2D eigenvalue weighted by atomic mass is 10.2. The van der Waals surface area contributed by atoms with E-state index in [4.69, 9.17) is 12.2 Å². The summed E-state index contributed by atoms with van der Waals surface area (Å²) in [7, 11) is -2.74. The van der Waals surface area contributed by atoms with Crippen molar-refractivity contribution in [2.75, 3.05) is 5.73 Å². The minimum Gasteiger partial charge on any atom is -0.396 e. The second kappa shape index (κ2) is 7.44. The van der Waals surface area contributed by atoms with Crippen molar-refractivity contribution in [1.82, 2.24) is 0 Å². The van der Waals surface area contributed by atoms with Crippen molar-refractivity contribution < 1.29 is 8.78 Å². The maximum atomic E-state index is 13.4. The first-order chi connectivity index (χ1) is 9.37. The van der Waals surface area contributed by atoms with Crippen molar-refractivity contribution in [1.29, 1.82) is 0 Å². The zero-order valence-corrected chi connectivity index (χ0v) is 15.6. The molecular weight excluding hydrogens is 300 g/mol. The van der Waals surface area contributed by atoms with Crippen molar-refractivity contribution in [3.63, 3.8) is 0 Å². The van der Waals surface area contributed by atoms with Crippen LogP contribution in [0.1, 0.15) is 5.56 Å². The third-order valence-electron chi connectivity index (χ3n) is 2.12. The molecule has 0 saturated heterocycles. The summed E-state index contributed by atoms with van der Waals surface area (Å²) in [5.41, 5.74) is 10.7. The largest absolute Gasteiger partial charge is 0.396 e. The van der Waals surface area contributed by atoms with Crippen molar-refractivity contribution >= 4 is 21.8 Å². The fourth-order valence-electron chi connectivity index (χ4n) is 0.933. The van der Waals surface area contributed by atoms with E-state index in [1.807, 2.05) is 19.6 Å². The highest BCUT2D eigenvalue weighted by molar-refractivity contribution is 6.84. The molecule has 0 aromatic heterocycles. The van der Waals surface area contributed by atoms with Gasteiger partial charge in [-0.2, -0.15) is 0 Å². The maximum Gasteiger partial charge on any atom is 0.164 e. The van der Waals surface area contributed by atoms with Gasteiger partial charge in [-0.25, -0.2) is 8.78 Å². The lowest BCUT2D eigenvalue weighted by molar-refractivity contribution is 0.580. The molecule has 0 spiro atoms. The zero-order valence-electron chi connectivity index (χ0n) is 13.6. The normalized spacial score (nSPS) is 10.6. The van der Waals surface area contributed by atoms with Crippen LogP contribution in [0, 0.1) is 35.1 Å². The van der Waals surface area contributed by atoms with E-state index in [0.29, 0.717) is 0 Å². The summed E-state index contributed by atoms with van der Waals surface area (Å²) in [5, 5.41) is 0. The lowest BCUT2D eigenvalue weighted by Gasteiger charge is -2.04. The van der Waals surface area contributed by atoms with Crippen LogP contribution in [0.2, 0.25) is 39.3 Å². The second-order valence-corrected chi connectivity index (χ2v) is 16.3. The number of halogens is 2. The highest BCUT2D eigenvalue weighted by Gasteiger charge is 2.12. The molecule has 1 aromatic rings. The maximum absolute atomic E-state index is 13.4. The van der Waals surface area contributed by atoms with Crippen LogP contribution in [0.15, 0.2) is 12.1 Å². The fraction of sp³-hybridized carbons (Fsp3) is 0.375. The van der Waals surface area contributed by atoms with E-state index in [9.17, 15) is 8.78 Å². The molecule has 114 valence electrons. The Hall–Kier alpha value is -1.57. The first-order valence-corrected chi connectivity index (χ1v) is 13.6. The van der Waals surface area contributed by atoms with Gasteiger partial charge in [0, 0.05) is 0 Å². The molecule has 0 aliphatic heterocycles. The molecule has 0 saturated carbocycles. The topological polar surface area (TPSA) is 26.0 Å². The Kier molecular flexibility index (Phi) is 6.89. The Morgan fingerprint density at radius 1 is 1.00 bits per heavy atom. The van der Waals surface area contributed by atoms with Gasteiger partial charge in [0.25, 0.3) is 0 Å². The molecule has 0 aliphatic carbocycles. The average Bonchev–Trinajstić information content (AvgIpc) is 2.33. The number of nitrogen functional groups attached to an aromatic ring is 1. The van der Waals surface area contributed by atoms with Crippen molar-refractivity contribution in [2.24, 2.45) is 0 Å². The van der Waals surface area contributed by atoms with Gasteiger partial charge in [-0.1, -0.05) is 45.2 Å². The molecule has 0 amide bonds. The van der Waals surface area contributed by atoms with Gasteiger partial charge >= 0.3 is 0 Å². The Morgan fingerprint density at radius 3 is 1.86 bits per heavy atom. The Bertz CT molecular complexity index is 594. The SMILES string of the molecule is C#C[Si](C)(C)C.C[Si](C)(C)C#Cc1c(F)ccc(N)c1F. The first kappa shape index (κ1) is 19.4. The van der Waals surface area contributed by atoms with Crippen LogP contribution in [0.5, 0.6) is 0 Å². The molecule has 0 atom stereocenters. The molecule has 0 unspecified atom stereocenters. The molecule has 1 nitrogen and oxygen atoms in total. The second-order valence-electron chi connectivity index (χ2n) is 6.72. The Morgan fingerprint density at radius 2 is 1.48 bits per heavy atom. The van der Waals surface area contributed by atoms with Crippen molar-refractivity contribution in [2.45, 2.75) is 39.3 Å². The van der Waals surface area contributed by atoms with Crippen LogP contribution in [0.3, 0.4) is 0 Å². The van der Waals surface area contributed by atoms with Gasteiger partial charge < -0.3 is 5.73 Å². The molecule has 5 heteroatoms. The summed E-state index contributed by atoms with van der Waals surface area (Å²) in [6, 6.07) is 2.33. The quantitative estimate of drug-likeness (QED) is 0.430. The van der Waals surface area contributed by atoms with Crippen LogP contribution in [0.4, 0.5) is 14.5 Å². The lowest BCUT2D eigenvalue weighted by Crippen LogP contribution is -2.16. The summed E-state index contributed by atoms with van der Waals surface area (Å²) < 4.78 is 26.6. The molecule has 1 aromatic carbocycles. The Balaban J connectivity index is 0.000000567. The molecular formula is C16H23F2NSi2. The number of nitrogens with two attached hydrogens (primary N) is 1. The van der Waals surface area contributed by atoms with Crippen LogP contribution >= 0.6 is 0 Å². The summed E-state index contributed by atoms with van der Waals surface area (Å²) in [6.45, 7) is 12.4. The number of terminal acetylenes is 1. The smallest absolute Gasteiger partial charge is 0.164 e. The zero-order chi connectivity index (χ0) is 16.8. The predicted molar refractivity (Wildman–Crippen MR) is 93.2 cm³/mol. The van der Waals surface area contributed by atoms with Crippen LogP contribution in [-0.4, -0.2) is 16.1 Å². The summed E-state index contributed by atoms with van der Waals surface area (Å²) in [5.74, 6) is 1.12. The average molecular weight is 324 g/mol. The molecule has 0 bridgehead atoms. The number of anilines is 1. The number of hydrogen-bond donors (Lipinski definition) is 1. The number of benzene rings is 1. The highest BCUT2D eigenvalue weighted by atomic mass is 28.3. The van der Waals surface area contributed by atoms with Crippen molar-refractivity contribution in [3.8, 4) is 23.4 Å². The van der Waals surface area contributed by atoms with Gasteiger partial charge in [-0.3, -0.25) is 0 Å². The molecule has 2 N–H and O–H groups in total. The van der Waals surface area contributed by atoms with Gasteiger partial charge in [-0.15, -0.1) is 17.5 Å². The van der Waals surface area contributed by atoms with Gasteiger partial charge in [0.05, 0.1) is 11.3 Å². The van der Waals surface area contributed by atoms with Crippen LogP contribution < -0.4 is 5.73 Å². The van der Waals surface area contributed by atoms with E-state index in [0.717, 1.165) is 6.07 Å². The minimum absolute atomic E-state index is 0.0729. The third kappa shape index (κ3) is 8.34. The monoisotopic (exact) mass is 323 g/mol. The van der Waals surface area contributed by atoms with Gasteiger partial charge in [0.2, 0.25) is 0 Å². The molecule has 0 fully saturated rings. The number of rotatable bonds is 0. The van der Waals surface area contributed by atoms with E-state index in [1.54, 1.807) is 0 Å². The molecule has 0 radical (unpaired) electrons. The van der Waals surface area contributed by atoms with Gasteiger partial charge in [0.1, 0.15) is 22.0 Å². The van der Waals surface area contributed by atoms with Gasteiger partial charge in [0.15, 0.2) is 5.82 Å². The Labute approximate surface area is 129 Å². The third-order valence-corrected chi connectivity index (χ3v) is 3.86. The van der Waals surface area contributed by atoms with E-state index in [1.165, 1.54) is 6.07 Å². The van der Waals surface area contributed by atoms with E-state index in [2.05, 4.69) is 36.6 Å². The predicted octanol–water partition coefficient (Wildman–Crippen LogP) is 4.27. The van der Waals surface area contributed by atoms with Crippen LogP contribution in [-0.2, 0) is 0 Å². The minimum atomic E-state index is -1.64. The van der Waals surface area contributed by atoms with E-state index >= 15 is 0 Å².